The van der Waals surface area contributed by atoms with Gasteiger partial charge >= 0.3 is 6.18 Å². The van der Waals surface area contributed by atoms with Gasteiger partial charge in [-0.1, -0.05) is 23.7 Å². The number of hydrogen-bond donors (Lipinski definition) is 3. The number of aryl methyl sites for hydroxylation is 1. The molecule has 36 heavy (non-hydrogen) atoms. The summed E-state index contributed by atoms with van der Waals surface area (Å²) in [4.78, 5) is 19.1. The Balaban J connectivity index is 1.90. The van der Waals surface area contributed by atoms with Gasteiger partial charge in [0.25, 0.3) is 0 Å². The highest BCUT2D eigenvalue weighted by molar-refractivity contribution is 7.85. The molecule has 13 heteroatoms. The fourth-order valence-corrected chi connectivity index (χ4v) is 3.91. The molecule has 3 rings (SSSR count). The van der Waals surface area contributed by atoms with E-state index in [-0.39, 0.29) is 23.4 Å². The van der Waals surface area contributed by atoms with Crippen LogP contribution in [-0.2, 0) is 28.5 Å². The molecular formula is C23H24ClF3N6O2S. The molecule has 0 fully saturated rings. The summed E-state index contributed by atoms with van der Waals surface area (Å²) in [6.07, 6.45) is -2.49. The summed E-state index contributed by atoms with van der Waals surface area (Å²) in [5, 5.41) is 8.36. The van der Waals surface area contributed by atoms with Gasteiger partial charge in [-0.3, -0.25) is 9.10 Å². The second kappa shape index (κ2) is 11.1. The zero-order chi connectivity index (χ0) is 26.6. The molecule has 8 nitrogen and oxygen atoms in total. The molecule has 0 spiro atoms. The van der Waals surface area contributed by atoms with Crippen molar-refractivity contribution in [3.8, 4) is 0 Å². The largest absolute Gasteiger partial charge is 0.421 e. The zero-order valence-electron chi connectivity index (χ0n) is 19.8. The monoisotopic (exact) mass is 540 g/mol. The van der Waals surface area contributed by atoms with Gasteiger partial charge in [-0.25, -0.2) is 9.19 Å². The highest BCUT2D eigenvalue weighted by Gasteiger charge is 2.35. The molecule has 0 aliphatic rings. The maximum atomic E-state index is 13.7. The van der Waals surface area contributed by atoms with Gasteiger partial charge in [0, 0.05) is 38.7 Å². The molecule has 0 aliphatic heterocycles. The number of carbonyl (C=O) groups excluding carboxylic acids is 1. The van der Waals surface area contributed by atoms with Gasteiger partial charge < -0.3 is 16.0 Å². The van der Waals surface area contributed by atoms with Crippen molar-refractivity contribution in [2.24, 2.45) is 0 Å². The number of alkyl halides is 3. The minimum Gasteiger partial charge on any atom is -0.365 e. The second-order valence-electron chi connectivity index (χ2n) is 7.86. The van der Waals surface area contributed by atoms with Crippen LogP contribution in [0.1, 0.15) is 23.6 Å². The minimum absolute atomic E-state index is 0.00602. The minimum atomic E-state index is -4.69. The molecular weight excluding hydrogens is 517 g/mol. The van der Waals surface area contributed by atoms with Crippen LogP contribution in [0.4, 0.5) is 42.0 Å². The first-order valence-corrected chi connectivity index (χ1v) is 12.4. The van der Waals surface area contributed by atoms with E-state index in [1.165, 1.54) is 23.6 Å². The normalized spacial score (nSPS) is 12.1. The van der Waals surface area contributed by atoms with Gasteiger partial charge in [-0.05, 0) is 42.3 Å². The molecule has 1 amide bonds. The predicted molar refractivity (Wildman–Crippen MR) is 137 cm³/mol. The van der Waals surface area contributed by atoms with Crippen LogP contribution in [-0.4, -0.2) is 33.4 Å². The molecule has 192 valence electrons. The second-order valence-corrected chi connectivity index (χ2v) is 9.66. The Labute approximate surface area is 213 Å². The first kappa shape index (κ1) is 27.2. The van der Waals surface area contributed by atoms with E-state index < -0.39 is 28.5 Å². The molecule has 0 saturated heterocycles. The van der Waals surface area contributed by atoms with E-state index in [1.54, 1.807) is 25.2 Å². The Hall–Kier alpha value is -3.38. The van der Waals surface area contributed by atoms with E-state index in [9.17, 15) is 22.2 Å². The van der Waals surface area contributed by atoms with Crippen LogP contribution in [0, 0.1) is 6.92 Å². The van der Waals surface area contributed by atoms with E-state index in [0.29, 0.717) is 28.8 Å². The molecule has 0 aliphatic carbocycles. The van der Waals surface area contributed by atoms with Crippen molar-refractivity contribution in [2.75, 3.05) is 33.6 Å². The average molecular weight is 541 g/mol. The molecule has 0 saturated carbocycles. The van der Waals surface area contributed by atoms with Crippen LogP contribution in [0.2, 0.25) is 5.02 Å². The maximum absolute atomic E-state index is 13.7. The number of aromatic nitrogens is 2. The van der Waals surface area contributed by atoms with Crippen molar-refractivity contribution in [3.05, 3.63) is 64.3 Å². The number of carbonyl (C=O) groups is 1. The van der Waals surface area contributed by atoms with Crippen LogP contribution in [0.15, 0.2) is 42.6 Å². The van der Waals surface area contributed by atoms with Gasteiger partial charge in [0.15, 0.2) is 0 Å². The SMILES string of the molecule is CC(=O)Nc1ccc(Nc2ncc(C(F)(F)F)c(NCc3ccc(C)cc3N(C)S(C)=O)n2)cc1Cl. The van der Waals surface area contributed by atoms with Crippen LogP contribution in [0.5, 0.6) is 0 Å². The van der Waals surface area contributed by atoms with Crippen molar-refractivity contribution < 1.29 is 22.2 Å². The summed E-state index contributed by atoms with van der Waals surface area (Å²) in [5.41, 5.74) is 1.94. The van der Waals surface area contributed by atoms with Gasteiger partial charge in [-0.2, -0.15) is 18.2 Å². The van der Waals surface area contributed by atoms with E-state index in [4.69, 9.17) is 11.6 Å². The number of halogens is 4. The van der Waals surface area contributed by atoms with E-state index >= 15 is 0 Å². The van der Waals surface area contributed by atoms with Gasteiger partial charge in [0.1, 0.15) is 22.4 Å². The molecule has 3 N–H and O–H groups in total. The highest BCUT2D eigenvalue weighted by Crippen LogP contribution is 2.35. The van der Waals surface area contributed by atoms with Crippen LogP contribution < -0.4 is 20.3 Å². The highest BCUT2D eigenvalue weighted by atomic mass is 35.5. The third-order valence-corrected chi connectivity index (χ3v) is 6.32. The lowest BCUT2D eigenvalue weighted by atomic mass is 10.1. The van der Waals surface area contributed by atoms with Crippen molar-refractivity contribution >= 4 is 57.3 Å². The Morgan fingerprint density at radius 1 is 1.19 bits per heavy atom. The molecule has 0 radical (unpaired) electrons. The Bertz CT molecular complexity index is 1310. The predicted octanol–water partition coefficient (Wildman–Crippen LogP) is 5.50. The molecule has 1 atom stereocenters. The summed E-state index contributed by atoms with van der Waals surface area (Å²) < 4.78 is 54.5. The topological polar surface area (TPSA) is 99.2 Å². The summed E-state index contributed by atoms with van der Waals surface area (Å²) in [5.74, 6) is -0.815. The van der Waals surface area contributed by atoms with E-state index in [2.05, 4.69) is 25.9 Å². The number of benzene rings is 2. The molecule has 2 aromatic carbocycles. The number of rotatable bonds is 8. The number of nitrogens with zero attached hydrogens (tertiary/aromatic N) is 3. The Kier molecular flexibility index (Phi) is 8.41. The number of anilines is 5. The van der Waals surface area contributed by atoms with Crippen molar-refractivity contribution in [2.45, 2.75) is 26.6 Å². The van der Waals surface area contributed by atoms with Gasteiger partial charge in [0.2, 0.25) is 11.9 Å². The van der Waals surface area contributed by atoms with Gasteiger partial charge in [0.05, 0.1) is 16.4 Å². The number of hydrogen-bond acceptors (Lipinski definition) is 6. The maximum Gasteiger partial charge on any atom is 0.421 e. The lowest BCUT2D eigenvalue weighted by Gasteiger charge is -2.21. The van der Waals surface area contributed by atoms with Crippen molar-refractivity contribution in [3.63, 3.8) is 0 Å². The van der Waals surface area contributed by atoms with Crippen LogP contribution >= 0.6 is 11.6 Å². The summed E-state index contributed by atoms with van der Waals surface area (Å²) >= 11 is 6.16. The Morgan fingerprint density at radius 2 is 1.92 bits per heavy atom. The van der Waals surface area contributed by atoms with Crippen LogP contribution in [0.3, 0.4) is 0 Å². The lowest BCUT2D eigenvalue weighted by molar-refractivity contribution is -0.137. The first-order chi connectivity index (χ1) is 16.8. The van der Waals surface area contributed by atoms with E-state index in [1.807, 2.05) is 19.1 Å². The lowest BCUT2D eigenvalue weighted by Crippen LogP contribution is -2.21. The molecule has 1 unspecified atom stereocenters. The number of amides is 1. The van der Waals surface area contributed by atoms with Crippen molar-refractivity contribution in [1.82, 2.24) is 9.97 Å². The fourth-order valence-electron chi connectivity index (χ4n) is 3.23. The smallest absolute Gasteiger partial charge is 0.365 e. The quantitative estimate of drug-likeness (QED) is 0.349. The molecule has 1 aromatic heterocycles. The van der Waals surface area contributed by atoms with Gasteiger partial charge in [-0.15, -0.1) is 0 Å². The summed E-state index contributed by atoms with van der Waals surface area (Å²) in [6, 6.07) is 9.99. The summed E-state index contributed by atoms with van der Waals surface area (Å²) in [7, 11) is 0.319. The number of nitrogens with one attached hydrogen (secondary N) is 3. The molecule has 1 heterocycles. The van der Waals surface area contributed by atoms with E-state index in [0.717, 1.165) is 5.56 Å². The zero-order valence-corrected chi connectivity index (χ0v) is 21.4. The van der Waals surface area contributed by atoms with Crippen molar-refractivity contribution in [1.29, 1.82) is 0 Å². The molecule has 3 aromatic rings. The first-order valence-electron chi connectivity index (χ1n) is 10.5. The fraction of sp³-hybridized carbons (Fsp3) is 0.261. The average Bonchev–Trinajstić information content (AvgIpc) is 2.78. The third-order valence-electron chi connectivity index (χ3n) is 5.04. The van der Waals surface area contributed by atoms with Crippen LogP contribution in [0.25, 0.3) is 0 Å². The summed E-state index contributed by atoms with van der Waals surface area (Å²) in [6.45, 7) is 3.20. The third kappa shape index (κ3) is 6.85. The molecule has 0 bridgehead atoms. The Morgan fingerprint density at radius 3 is 2.53 bits per heavy atom. The standard InChI is InChI=1S/C23H24ClF3N6O2S/c1-13-5-6-15(20(9-13)33(3)36(4)35)11-28-21-17(23(25,26)27)12-29-22(32-21)31-16-7-8-19(18(24)10-16)30-14(2)34/h5-10,12H,11H2,1-4H3,(H,30,34)(H2,28,29,31,32).